The molecule has 5 heteroatoms. The molecule has 0 radical (unpaired) electrons. The van der Waals surface area contributed by atoms with Crippen molar-refractivity contribution in [3.63, 3.8) is 0 Å². The maximum atomic E-state index is 10.9. The average molecular weight is 276 g/mol. The van der Waals surface area contributed by atoms with E-state index in [1.807, 2.05) is 13.8 Å². The van der Waals surface area contributed by atoms with Gasteiger partial charge in [-0.15, -0.1) is 11.3 Å². The molecule has 1 N–H and O–H groups in total. The van der Waals surface area contributed by atoms with Gasteiger partial charge in [-0.2, -0.15) is 0 Å². The molecule has 0 unspecified atom stereocenters. The molecule has 2 atom stereocenters. The summed E-state index contributed by atoms with van der Waals surface area (Å²) in [4.78, 5) is 15.1. The Bertz CT molecular complexity index is 388. The molecular weight excluding hydrogens is 266 g/mol. The predicted molar refractivity (Wildman–Crippen MR) is 57.5 cm³/mol. The zero-order valence-corrected chi connectivity index (χ0v) is 10.2. The summed E-state index contributed by atoms with van der Waals surface area (Å²) in [6.07, 6.45) is 1.73. The Morgan fingerprint density at radius 2 is 2.36 bits per heavy atom. The number of hydrogen-bond acceptors (Lipinski definition) is 3. The molecule has 1 aliphatic carbocycles. The molecule has 1 aromatic heterocycles. The molecule has 1 heterocycles. The second-order valence-corrected chi connectivity index (χ2v) is 6.56. The lowest BCUT2D eigenvalue weighted by molar-refractivity contribution is -0.139. The Morgan fingerprint density at radius 1 is 1.71 bits per heavy atom. The summed E-state index contributed by atoms with van der Waals surface area (Å²) in [6, 6.07) is 0. The summed E-state index contributed by atoms with van der Waals surface area (Å²) in [5.41, 5.74) is -0.150. The maximum Gasteiger partial charge on any atom is 0.307 e. The van der Waals surface area contributed by atoms with E-state index >= 15 is 0 Å². The lowest BCUT2D eigenvalue weighted by Gasteiger charge is -1.97. The smallest absolute Gasteiger partial charge is 0.307 e. The van der Waals surface area contributed by atoms with Crippen molar-refractivity contribution in [3.05, 3.63) is 15.0 Å². The van der Waals surface area contributed by atoms with Crippen LogP contribution in [-0.4, -0.2) is 16.1 Å². The number of carbonyl (C=O) groups is 1. The highest BCUT2D eigenvalue weighted by molar-refractivity contribution is 9.11. The SMILES string of the molecule is CC1(C)[C@H](C(=O)O)[C@H]1c1ncc(Br)s1. The third-order valence-corrected chi connectivity index (χ3v) is 4.41. The molecule has 0 spiro atoms. The zero-order chi connectivity index (χ0) is 10.5. The quantitative estimate of drug-likeness (QED) is 0.903. The van der Waals surface area contributed by atoms with Gasteiger partial charge in [-0.25, -0.2) is 4.98 Å². The standard InChI is InChI=1S/C9H10BrNO2S/c1-9(2)5(6(9)8(12)13)7-11-3-4(10)14-7/h3,5-6H,1-2H3,(H,12,13)/t5-,6-/m0/s1. The molecule has 2 rings (SSSR count). The Hall–Kier alpha value is -0.420. The van der Waals surface area contributed by atoms with Crippen LogP contribution in [0.3, 0.4) is 0 Å². The first-order valence-electron chi connectivity index (χ1n) is 4.28. The minimum absolute atomic E-state index is 0.0799. The first-order chi connectivity index (χ1) is 6.44. The fourth-order valence-corrected chi connectivity index (χ4v) is 3.55. The van der Waals surface area contributed by atoms with Crippen molar-refractivity contribution >= 4 is 33.2 Å². The number of hydrogen-bond donors (Lipinski definition) is 1. The van der Waals surface area contributed by atoms with E-state index < -0.39 is 5.97 Å². The molecule has 1 aromatic rings. The Balaban J connectivity index is 2.27. The van der Waals surface area contributed by atoms with Gasteiger partial charge in [0.25, 0.3) is 0 Å². The van der Waals surface area contributed by atoms with Crippen LogP contribution in [0.1, 0.15) is 24.8 Å². The summed E-state index contributed by atoms with van der Waals surface area (Å²) in [5.74, 6) is -0.914. The summed E-state index contributed by atoms with van der Waals surface area (Å²) in [6.45, 7) is 3.96. The van der Waals surface area contributed by atoms with E-state index in [0.29, 0.717) is 0 Å². The van der Waals surface area contributed by atoms with Gasteiger partial charge in [-0.1, -0.05) is 13.8 Å². The van der Waals surface area contributed by atoms with E-state index in [9.17, 15) is 4.79 Å². The van der Waals surface area contributed by atoms with Crippen molar-refractivity contribution in [2.24, 2.45) is 11.3 Å². The first kappa shape index (κ1) is 10.1. The molecule has 1 fully saturated rings. The van der Waals surface area contributed by atoms with E-state index in [1.165, 1.54) is 11.3 Å². The number of halogens is 1. The maximum absolute atomic E-state index is 10.9. The van der Waals surface area contributed by atoms with Gasteiger partial charge in [0.2, 0.25) is 0 Å². The predicted octanol–water partition coefficient (Wildman–Crippen LogP) is 2.73. The largest absolute Gasteiger partial charge is 0.481 e. The average Bonchev–Trinajstić information content (AvgIpc) is 2.42. The van der Waals surface area contributed by atoms with Crippen molar-refractivity contribution in [3.8, 4) is 0 Å². The Kier molecular flexibility index (Phi) is 2.19. The summed E-state index contributed by atoms with van der Waals surface area (Å²) in [7, 11) is 0. The molecule has 1 saturated carbocycles. The Morgan fingerprint density at radius 3 is 2.71 bits per heavy atom. The number of carboxylic acids is 1. The third-order valence-electron chi connectivity index (χ3n) is 2.85. The van der Waals surface area contributed by atoms with Gasteiger partial charge < -0.3 is 5.11 Å². The van der Waals surface area contributed by atoms with Crippen LogP contribution in [0.5, 0.6) is 0 Å². The van der Waals surface area contributed by atoms with E-state index in [4.69, 9.17) is 5.11 Å². The lowest BCUT2D eigenvalue weighted by atomic mass is 10.1. The van der Waals surface area contributed by atoms with Crippen molar-refractivity contribution in [1.29, 1.82) is 0 Å². The van der Waals surface area contributed by atoms with Gasteiger partial charge in [-0.05, 0) is 21.3 Å². The second kappa shape index (κ2) is 3.03. The molecule has 0 aromatic carbocycles. The van der Waals surface area contributed by atoms with E-state index in [0.717, 1.165) is 8.79 Å². The van der Waals surface area contributed by atoms with Gasteiger partial charge >= 0.3 is 5.97 Å². The van der Waals surface area contributed by atoms with E-state index in [-0.39, 0.29) is 17.3 Å². The fraction of sp³-hybridized carbons (Fsp3) is 0.556. The monoisotopic (exact) mass is 275 g/mol. The molecule has 0 amide bonds. The van der Waals surface area contributed by atoms with E-state index in [1.54, 1.807) is 6.20 Å². The molecule has 76 valence electrons. The molecule has 0 bridgehead atoms. The third kappa shape index (κ3) is 1.39. The minimum Gasteiger partial charge on any atom is -0.481 e. The Labute approximate surface area is 94.3 Å². The molecule has 1 aliphatic rings. The normalized spacial score (nSPS) is 28.8. The van der Waals surface area contributed by atoms with Crippen molar-refractivity contribution < 1.29 is 9.90 Å². The lowest BCUT2D eigenvalue weighted by Crippen LogP contribution is -2.03. The van der Waals surface area contributed by atoms with Crippen LogP contribution in [-0.2, 0) is 4.79 Å². The molecule has 3 nitrogen and oxygen atoms in total. The highest BCUT2D eigenvalue weighted by atomic mass is 79.9. The summed E-state index contributed by atoms with van der Waals surface area (Å²) < 4.78 is 0.958. The number of thiazole rings is 1. The molecule has 0 aliphatic heterocycles. The van der Waals surface area contributed by atoms with Gasteiger partial charge in [-0.3, -0.25) is 4.79 Å². The van der Waals surface area contributed by atoms with Crippen LogP contribution >= 0.6 is 27.3 Å². The number of aliphatic carboxylic acids is 1. The minimum atomic E-state index is -0.716. The van der Waals surface area contributed by atoms with Crippen molar-refractivity contribution in [2.45, 2.75) is 19.8 Å². The number of carboxylic acid groups (broad SMARTS) is 1. The summed E-state index contributed by atoms with van der Waals surface area (Å²) in [5, 5.41) is 9.92. The van der Waals surface area contributed by atoms with Crippen LogP contribution in [0.4, 0.5) is 0 Å². The van der Waals surface area contributed by atoms with Crippen LogP contribution in [0, 0.1) is 11.3 Å². The van der Waals surface area contributed by atoms with Crippen LogP contribution in [0.2, 0.25) is 0 Å². The van der Waals surface area contributed by atoms with Crippen LogP contribution in [0.15, 0.2) is 9.98 Å². The topological polar surface area (TPSA) is 50.2 Å². The van der Waals surface area contributed by atoms with Crippen LogP contribution in [0.25, 0.3) is 0 Å². The van der Waals surface area contributed by atoms with Gasteiger partial charge in [0, 0.05) is 5.92 Å². The van der Waals surface area contributed by atoms with Gasteiger partial charge in [0.15, 0.2) is 0 Å². The fourth-order valence-electron chi connectivity index (χ4n) is 1.97. The molecule has 0 saturated heterocycles. The summed E-state index contributed by atoms with van der Waals surface area (Å²) >= 11 is 4.86. The number of aromatic nitrogens is 1. The molecule has 14 heavy (non-hydrogen) atoms. The van der Waals surface area contributed by atoms with Gasteiger partial charge in [0.1, 0.15) is 0 Å². The highest BCUT2D eigenvalue weighted by Gasteiger charge is 2.64. The van der Waals surface area contributed by atoms with E-state index in [2.05, 4.69) is 20.9 Å². The second-order valence-electron chi connectivity index (χ2n) is 4.12. The zero-order valence-electron chi connectivity index (χ0n) is 7.82. The number of rotatable bonds is 2. The van der Waals surface area contributed by atoms with Crippen molar-refractivity contribution in [2.75, 3.05) is 0 Å². The number of nitrogens with zero attached hydrogens (tertiary/aromatic N) is 1. The van der Waals surface area contributed by atoms with Crippen molar-refractivity contribution in [1.82, 2.24) is 4.98 Å². The first-order valence-corrected chi connectivity index (χ1v) is 5.89. The highest BCUT2D eigenvalue weighted by Crippen LogP contribution is 2.65. The molecular formula is C9H10BrNO2S. The van der Waals surface area contributed by atoms with Crippen LogP contribution < -0.4 is 0 Å². The van der Waals surface area contributed by atoms with Gasteiger partial charge in [0.05, 0.1) is 20.9 Å².